The Bertz CT molecular complexity index is 639. The number of nitrogens with zero attached hydrogens (tertiary/aromatic N) is 1. The SMILES string of the molecule is COc1ccccc1CNC(=O)C(=O)NCC1(N2CCOCC2)CCC1. The molecule has 0 radical (unpaired) electrons. The highest BCUT2D eigenvalue weighted by Crippen LogP contribution is 2.37. The van der Waals surface area contributed by atoms with Gasteiger partial charge in [0.2, 0.25) is 0 Å². The van der Waals surface area contributed by atoms with E-state index in [9.17, 15) is 9.59 Å². The second-order valence-electron chi connectivity index (χ2n) is 6.85. The Morgan fingerprint density at radius 2 is 1.85 bits per heavy atom. The third kappa shape index (κ3) is 4.16. The predicted molar refractivity (Wildman–Crippen MR) is 96.8 cm³/mol. The number of rotatable bonds is 6. The van der Waals surface area contributed by atoms with Crippen molar-refractivity contribution in [1.82, 2.24) is 15.5 Å². The molecule has 1 saturated heterocycles. The molecule has 3 rings (SSSR count). The van der Waals surface area contributed by atoms with Crippen LogP contribution in [0.15, 0.2) is 24.3 Å². The van der Waals surface area contributed by atoms with Crippen LogP contribution in [0.5, 0.6) is 5.75 Å². The monoisotopic (exact) mass is 361 g/mol. The zero-order valence-corrected chi connectivity index (χ0v) is 15.3. The Morgan fingerprint density at radius 3 is 2.50 bits per heavy atom. The van der Waals surface area contributed by atoms with Gasteiger partial charge < -0.3 is 20.1 Å². The molecule has 0 bridgehead atoms. The number of ether oxygens (including phenoxy) is 2. The van der Waals surface area contributed by atoms with E-state index in [1.807, 2.05) is 24.3 Å². The predicted octanol–water partition coefficient (Wildman–Crippen LogP) is 0.683. The molecule has 142 valence electrons. The molecular weight excluding hydrogens is 334 g/mol. The molecule has 1 heterocycles. The highest BCUT2D eigenvalue weighted by Gasteiger charge is 2.43. The number of carbonyl (C=O) groups is 2. The van der Waals surface area contributed by atoms with Crippen LogP contribution in [0, 0.1) is 0 Å². The number of hydrogen-bond donors (Lipinski definition) is 2. The topological polar surface area (TPSA) is 79.9 Å². The van der Waals surface area contributed by atoms with Crippen LogP contribution in [-0.4, -0.2) is 62.2 Å². The van der Waals surface area contributed by atoms with Gasteiger partial charge in [0.25, 0.3) is 0 Å². The molecule has 1 aromatic rings. The molecule has 7 heteroatoms. The quantitative estimate of drug-likeness (QED) is 0.729. The molecule has 26 heavy (non-hydrogen) atoms. The third-order valence-corrected chi connectivity index (χ3v) is 5.38. The van der Waals surface area contributed by atoms with Gasteiger partial charge in [0, 0.05) is 37.3 Å². The number of morpholine rings is 1. The number of amides is 2. The number of hydrogen-bond acceptors (Lipinski definition) is 5. The largest absolute Gasteiger partial charge is 0.496 e. The molecule has 0 atom stereocenters. The fraction of sp³-hybridized carbons (Fsp3) is 0.579. The van der Waals surface area contributed by atoms with Gasteiger partial charge in [-0.05, 0) is 25.3 Å². The molecule has 2 fully saturated rings. The van der Waals surface area contributed by atoms with E-state index in [-0.39, 0.29) is 12.1 Å². The minimum Gasteiger partial charge on any atom is -0.496 e. The average molecular weight is 361 g/mol. The Hall–Kier alpha value is -2.12. The van der Waals surface area contributed by atoms with E-state index in [0.29, 0.717) is 12.3 Å². The van der Waals surface area contributed by atoms with Gasteiger partial charge in [0.15, 0.2) is 0 Å². The first-order chi connectivity index (χ1) is 12.6. The van der Waals surface area contributed by atoms with E-state index < -0.39 is 11.8 Å². The first-order valence-corrected chi connectivity index (χ1v) is 9.15. The van der Waals surface area contributed by atoms with E-state index in [1.54, 1.807) is 7.11 Å². The highest BCUT2D eigenvalue weighted by molar-refractivity contribution is 6.35. The van der Waals surface area contributed by atoms with E-state index in [1.165, 1.54) is 0 Å². The van der Waals surface area contributed by atoms with Gasteiger partial charge in [-0.2, -0.15) is 0 Å². The van der Waals surface area contributed by atoms with Crippen LogP contribution in [0.3, 0.4) is 0 Å². The van der Waals surface area contributed by atoms with Gasteiger partial charge in [0.05, 0.1) is 20.3 Å². The molecule has 1 aliphatic heterocycles. The molecule has 1 aromatic carbocycles. The summed E-state index contributed by atoms with van der Waals surface area (Å²) in [5.41, 5.74) is 0.822. The maximum absolute atomic E-state index is 12.2. The van der Waals surface area contributed by atoms with Crippen molar-refractivity contribution in [2.24, 2.45) is 0 Å². The van der Waals surface area contributed by atoms with Crippen molar-refractivity contribution < 1.29 is 19.1 Å². The Kier molecular flexibility index (Phi) is 6.11. The summed E-state index contributed by atoms with van der Waals surface area (Å²) in [7, 11) is 1.58. The Morgan fingerprint density at radius 1 is 1.15 bits per heavy atom. The minimum atomic E-state index is -0.618. The normalized spacial score (nSPS) is 19.3. The van der Waals surface area contributed by atoms with Gasteiger partial charge >= 0.3 is 11.8 Å². The molecule has 7 nitrogen and oxygen atoms in total. The second kappa shape index (κ2) is 8.51. The fourth-order valence-corrected chi connectivity index (χ4v) is 3.66. The number of benzene rings is 1. The lowest BCUT2D eigenvalue weighted by atomic mass is 9.75. The van der Waals surface area contributed by atoms with Crippen LogP contribution in [0.1, 0.15) is 24.8 Å². The van der Waals surface area contributed by atoms with Crippen LogP contribution in [0.4, 0.5) is 0 Å². The van der Waals surface area contributed by atoms with Gasteiger partial charge in [-0.3, -0.25) is 14.5 Å². The van der Waals surface area contributed by atoms with Crippen molar-refractivity contribution in [2.45, 2.75) is 31.3 Å². The lowest BCUT2D eigenvalue weighted by Gasteiger charge is -2.51. The van der Waals surface area contributed by atoms with E-state index in [2.05, 4.69) is 15.5 Å². The highest BCUT2D eigenvalue weighted by atomic mass is 16.5. The number of para-hydroxylation sites is 1. The summed E-state index contributed by atoms with van der Waals surface area (Å²) in [5, 5.41) is 5.48. The summed E-state index contributed by atoms with van der Waals surface area (Å²) in [6.07, 6.45) is 3.26. The van der Waals surface area contributed by atoms with Gasteiger partial charge in [-0.15, -0.1) is 0 Å². The minimum absolute atomic E-state index is 0.0115. The first kappa shape index (κ1) is 18.7. The van der Waals surface area contributed by atoms with Crippen molar-refractivity contribution in [1.29, 1.82) is 0 Å². The zero-order chi connectivity index (χ0) is 18.4. The lowest BCUT2D eigenvalue weighted by Crippen LogP contribution is -2.63. The smallest absolute Gasteiger partial charge is 0.309 e. The summed E-state index contributed by atoms with van der Waals surface area (Å²) < 4.78 is 10.7. The lowest BCUT2D eigenvalue weighted by molar-refractivity contribution is -0.140. The van der Waals surface area contributed by atoms with Crippen molar-refractivity contribution >= 4 is 11.8 Å². The van der Waals surface area contributed by atoms with Crippen molar-refractivity contribution in [2.75, 3.05) is 40.0 Å². The average Bonchev–Trinajstić information content (AvgIpc) is 2.66. The molecule has 2 aliphatic rings. The molecule has 0 unspecified atom stereocenters. The van der Waals surface area contributed by atoms with Gasteiger partial charge in [0.1, 0.15) is 5.75 Å². The Labute approximate surface area is 154 Å². The van der Waals surface area contributed by atoms with Gasteiger partial charge in [-0.1, -0.05) is 18.2 Å². The summed E-state index contributed by atoms with van der Waals surface area (Å²) in [4.78, 5) is 26.7. The molecular formula is C19H27N3O4. The summed E-state index contributed by atoms with van der Waals surface area (Å²) in [6.45, 7) is 3.99. The molecule has 1 saturated carbocycles. The van der Waals surface area contributed by atoms with Crippen LogP contribution in [0.25, 0.3) is 0 Å². The summed E-state index contributed by atoms with van der Waals surface area (Å²) in [5.74, 6) is -0.513. The van der Waals surface area contributed by atoms with E-state index in [0.717, 1.165) is 51.1 Å². The van der Waals surface area contributed by atoms with Crippen molar-refractivity contribution in [3.05, 3.63) is 29.8 Å². The van der Waals surface area contributed by atoms with Crippen LogP contribution in [0.2, 0.25) is 0 Å². The molecule has 1 aliphatic carbocycles. The first-order valence-electron chi connectivity index (χ1n) is 9.15. The van der Waals surface area contributed by atoms with E-state index >= 15 is 0 Å². The Balaban J connectivity index is 1.48. The number of methoxy groups -OCH3 is 1. The number of nitrogens with one attached hydrogen (secondary N) is 2. The zero-order valence-electron chi connectivity index (χ0n) is 15.3. The second-order valence-corrected chi connectivity index (χ2v) is 6.85. The maximum Gasteiger partial charge on any atom is 0.309 e. The van der Waals surface area contributed by atoms with Crippen LogP contribution in [-0.2, 0) is 20.9 Å². The maximum atomic E-state index is 12.2. The number of carbonyl (C=O) groups excluding carboxylic acids is 2. The summed E-state index contributed by atoms with van der Waals surface area (Å²) in [6, 6.07) is 7.41. The van der Waals surface area contributed by atoms with Gasteiger partial charge in [-0.25, -0.2) is 0 Å². The molecule has 0 aromatic heterocycles. The molecule has 2 amide bonds. The van der Waals surface area contributed by atoms with Crippen LogP contribution < -0.4 is 15.4 Å². The standard InChI is InChI=1S/C19H27N3O4/c1-25-16-6-3-2-5-15(16)13-20-17(23)18(24)21-14-19(7-4-8-19)22-9-11-26-12-10-22/h2-3,5-6H,4,7-14H2,1H3,(H,20,23)(H,21,24). The van der Waals surface area contributed by atoms with E-state index in [4.69, 9.17) is 9.47 Å². The van der Waals surface area contributed by atoms with Crippen molar-refractivity contribution in [3.8, 4) is 5.75 Å². The van der Waals surface area contributed by atoms with Crippen LogP contribution >= 0.6 is 0 Å². The molecule has 0 spiro atoms. The van der Waals surface area contributed by atoms with Crippen molar-refractivity contribution in [3.63, 3.8) is 0 Å². The summed E-state index contributed by atoms with van der Waals surface area (Å²) >= 11 is 0. The third-order valence-electron chi connectivity index (χ3n) is 5.38. The fourth-order valence-electron chi connectivity index (χ4n) is 3.66. The molecule has 2 N–H and O–H groups in total.